The van der Waals surface area contributed by atoms with E-state index in [4.69, 9.17) is 0 Å². The van der Waals surface area contributed by atoms with Crippen molar-refractivity contribution in [2.45, 2.75) is 64.6 Å². The van der Waals surface area contributed by atoms with Crippen molar-refractivity contribution in [3.05, 3.63) is 0 Å². The largest absolute Gasteiger partial charge is 0.335 e. The van der Waals surface area contributed by atoms with Gasteiger partial charge in [-0.2, -0.15) is 0 Å². The molecule has 5 heteroatoms. The van der Waals surface area contributed by atoms with Crippen LogP contribution in [0.2, 0.25) is 0 Å². The van der Waals surface area contributed by atoms with E-state index in [1.807, 2.05) is 4.90 Å². The fourth-order valence-electron chi connectivity index (χ4n) is 3.96. The first-order valence-corrected chi connectivity index (χ1v) is 8.28. The standard InChI is InChI=1S/C16H32N4O/c1-6-19-7-9-20(10-8-19)14(21)17-13-11-15(2,3)18-16(4,5)12-13/h13,18H,6-12H2,1-5H3,(H,17,21). The van der Waals surface area contributed by atoms with Crippen LogP contribution in [-0.4, -0.2) is 65.7 Å². The molecule has 2 saturated heterocycles. The van der Waals surface area contributed by atoms with E-state index in [1.165, 1.54) is 0 Å². The summed E-state index contributed by atoms with van der Waals surface area (Å²) in [5, 5.41) is 6.92. The fourth-order valence-corrected chi connectivity index (χ4v) is 3.96. The Labute approximate surface area is 129 Å². The third kappa shape index (κ3) is 4.58. The minimum Gasteiger partial charge on any atom is -0.335 e. The molecule has 2 aliphatic rings. The summed E-state index contributed by atoms with van der Waals surface area (Å²) in [5.41, 5.74) is 0.140. The average molecular weight is 296 g/mol. The Kier molecular flexibility index (Phi) is 4.83. The van der Waals surface area contributed by atoms with E-state index in [2.05, 4.69) is 50.2 Å². The molecule has 2 amide bonds. The van der Waals surface area contributed by atoms with Gasteiger partial charge in [0.2, 0.25) is 0 Å². The van der Waals surface area contributed by atoms with Gasteiger partial charge in [0.05, 0.1) is 0 Å². The predicted octanol–water partition coefficient (Wildman–Crippen LogP) is 1.64. The van der Waals surface area contributed by atoms with Gasteiger partial charge in [0, 0.05) is 43.3 Å². The molecule has 0 unspecified atom stereocenters. The maximum atomic E-state index is 12.5. The third-order valence-electron chi connectivity index (χ3n) is 4.62. The van der Waals surface area contributed by atoms with E-state index < -0.39 is 0 Å². The highest BCUT2D eigenvalue weighted by molar-refractivity contribution is 5.74. The SMILES string of the molecule is CCN1CCN(C(=O)NC2CC(C)(C)NC(C)(C)C2)CC1. The van der Waals surface area contributed by atoms with Crippen LogP contribution in [0.15, 0.2) is 0 Å². The Balaban J connectivity index is 1.88. The van der Waals surface area contributed by atoms with Crippen LogP contribution < -0.4 is 10.6 Å². The fraction of sp³-hybridized carbons (Fsp3) is 0.938. The van der Waals surface area contributed by atoms with Gasteiger partial charge in [-0.15, -0.1) is 0 Å². The molecule has 2 aliphatic heterocycles. The Morgan fingerprint density at radius 3 is 2.10 bits per heavy atom. The summed E-state index contributed by atoms with van der Waals surface area (Å²) in [7, 11) is 0. The Morgan fingerprint density at radius 2 is 1.62 bits per heavy atom. The van der Waals surface area contributed by atoms with Crippen molar-refractivity contribution < 1.29 is 4.79 Å². The number of rotatable bonds is 2. The minimum absolute atomic E-state index is 0.0700. The number of piperidine rings is 1. The van der Waals surface area contributed by atoms with Crippen LogP contribution in [0.25, 0.3) is 0 Å². The van der Waals surface area contributed by atoms with Crippen LogP contribution in [-0.2, 0) is 0 Å². The van der Waals surface area contributed by atoms with Crippen LogP contribution in [0.1, 0.15) is 47.5 Å². The van der Waals surface area contributed by atoms with Crippen molar-refractivity contribution in [2.24, 2.45) is 0 Å². The average Bonchev–Trinajstić information content (AvgIpc) is 2.35. The zero-order valence-corrected chi connectivity index (χ0v) is 14.3. The molecule has 2 heterocycles. The van der Waals surface area contributed by atoms with Crippen LogP contribution in [0, 0.1) is 0 Å². The van der Waals surface area contributed by atoms with E-state index in [1.54, 1.807) is 0 Å². The molecule has 0 aromatic carbocycles. The molecular weight excluding hydrogens is 264 g/mol. The van der Waals surface area contributed by atoms with Gasteiger partial charge in [-0.05, 0) is 47.1 Å². The number of carbonyl (C=O) groups is 1. The molecule has 0 bridgehead atoms. The molecule has 0 saturated carbocycles. The van der Waals surface area contributed by atoms with Gasteiger partial charge in [-0.25, -0.2) is 4.79 Å². The first kappa shape index (κ1) is 16.6. The van der Waals surface area contributed by atoms with Crippen molar-refractivity contribution in [3.8, 4) is 0 Å². The van der Waals surface area contributed by atoms with Crippen molar-refractivity contribution in [3.63, 3.8) is 0 Å². The number of urea groups is 1. The summed E-state index contributed by atoms with van der Waals surface area (Å²) in [6.07, 6.45) is 1.97. The summed E-state index contributed by atoms with van der Waals surface area (Å²) in [6.45, 7) is 15.8. The summed E-state index contributed by atoms with van der Waals surface area (Å²) < 4.78 is 0. The highest BCUT2D eigenvalue weighted by Gasteiger charge is 2.38. The minimum atomic E-state index is 0.0700. The van der Waals surface area contributed by atoms with Crippen molar-refractivity contribution in [2.75, 3.05) is 32.7 Å². The Bertz CT molecular complexity index is 356. The molecule has 122 valence electrons. The van der Waals surface area contributed by atoms with Crippen molar-refractivity contribution in [1.82, 2.24) is 20.4 Å². The molecule has 21 heavy (non-hydrogen) atoms. The molecule has 2 fully saturated rings. The zero-order chi connectivity index (χ0) is 15.7. The Hall–Kier alpha value is -0.810. The third-order valence-corrected chi connectivity index (χ3v) is 4.62. The lowest BCUT2D eigenvalue weighted by Gasteiger charge is -2.47. The molecular formula is C16H32N4O. The number of likely N-dealkylation sites (N-methyl/N-ethyl adjacent to an activating group) is 1. The topological polar surface area (TPSA) is 47.6 Å². The second-order valence-corrected chi connectivity index (χ2v) is 7.87. The van der Waals surface area contributed by atoms with Gasteiger partial charge in [0.1, 0.15) is 0 Å². The lowest BCUT2D eigenvalue weighted by molar-refractivity contribution is 0.121. The van der Waals surface area contributed by atoms with Crippen LogP contribution >= 0.6 is 0 Å². The van der Waals surface area contributed by atoms with Gasteiger partial charge in [0.25, 0.3) is 0 Å². The second-order valence-electron chi connectivity index (χ2n) is 7.87. The normalized spacial score (nSPS) is 26.6. The predicted molar refractivity (Wildman–Crippen MR) is 86.5 cm³/mol. The zero-order valence-electron chi connectivity index (χ0n) is 14.3. The molecule has 2 rings (SSSR count). The van der Waals surface area contributed by atoms with Crippen LogP contribution in [0.5, 0.6) is 0 Å². The number of nitrogens with one attached hydrogen (secondary N) is 2. The van der Waals surface area contributed by atoms with Crippen molar-refractivity contribution in [1.29, 1.82) is 0 Å². The van der Waals surface area contributed by atoms with E-state index in [9.17, 15) is 4.79 Å². The molecule has 0 radical (unpaired) electrons. The van der Waals surface area contributed by atoms with Gasteiger partial charge >= 0.3 is 6.03 Å². The van der Waals surface area contributed by atoms with E-state index in [0.29, 0.717) is 0 Å². The molecule has 0 aromatic heterocycles. The van der Waals surface area contributed by atoms with Gasteiger partial charge < -0.3 is 20.4 Å². The maximum absolute atomic E-state index is 12.5. The molecule has 0 aliphatic carbocycles. The maximum Gasteiger partial charge on any atom is 0.317 e. The number of hydrogen-bond donors (Lipinski definition) is 2. The molecule has 2 N–H and O–H groups in total. The summed E-state index contributed by atoms with van der Waals surface area (Å²) in [6, 6.07) is 0.372. The summed E-state index contributed by atoms with van der Waals surface area (Å²) >= 11 is 0. The second kappa shape index (κ2) is 6.13. The molecule has 0 atom stereocenters. The Morgan fingerprint density at radius 1 is 1.10 bits per heavy atom. The van der Waals surface area contributed by atoms with Crippen LogP contribution in [0.3, 0.4) is 0 Å². The highest BCUT2D eigenvalue weighted by Crippen LogP contribution is 2.28. The van der Waals surface area contributed by atoms with Crippen LogP contribution in [0.4, 0.5) is 4.79 Å². The first-order chi connectivity index (χ1) is 9.71. The number of nitrogens with zero attached hydrogens (tertiary/aromatic N) is 2. The van der Waals surface area contributed by atoms with Crippen molar-refractivity contribution >= 4 is 6.03 Å². The lowest BCUT2D eigenvalue weighted by atomic mass is 9.80. The number of carbonyl (C=O) groups excluding carboxylic acids is 1. The lowest BCUT2D eigenvalue weighted by Crippen LogP contribution is -2.63. The van der Waals surface area contributed by atoms with Gasteiger partial charge in [-0.1, -0.05) is 6.92 Å². The van der Waals surface area contributed by atoms with E-state index >= 15 is 0 Å². The number of piperazine rings is 1. The number of hydrogen-bond acceptors (Lipinski definition) is 3. The smallest absolute Gasteiger partial charge is 0.317 e. The highest BCUT2D eigenvalue weighted by atomic mass is 16.2. The summed E-state index contributed by atoms with van der Waals surface area (Å²) in [5.74, 6) is 0. The molecule has 0 aromatic rings. The van der Waals surface area contributed by atoms with E-state index in [-0.39, 0.29) is 23.2 Å². The van der Waals surface area contributed by atoms with Gasteiger partial charge in [0.15, 0.2) is 0 Å². The van der Waals surface area contributed by atoms with Gasteiger partial charge in [-0.3, -0.25) is 0 Å². The summed E-state index contributed by atoms with van der Waals surface area (Å²) in [4.78, 5) is 16.8. The quantitative estimate of drug-likeness (QED) is 0.814. The van der Waals surface area contributed by atoms with E-state index in [0.717, 1.165) is 45.6 Å². The molecule has 0 spiro atoms. The first-order valence-electron chi connectivity index (χ1n) is 8.28. The monoisotopic (exact) mass is 296 g/mol. The molecule has 5 nitrogen and oxygen atoms in total. The number of amides is 2.